The van der Waals surface area contributed by atoms with E-state index in [1.807, 2.05) is 53.2 Å². The molecule has 5 heteroatoms. The lowest BCUT2D eigenvalue weighted by Crippen LogP contribution is -2.25. The van der Waals surface area contributed by atoms with E-state index in [1.54, 1.807) is 0 Å². The minimum absolute atomic E-state index is 0.0218. The van der Waals surface area contributed by atoms with Crippen molar-refractivity contribution in [1.29, 1.82) is 0 Å². The van der Waals surface area contributed by atoms with E-state index >= 15 is 0 Å². The second kappa shape index (κ2) is 6.58. The molecule has 2 N–H and O–H groups in total. The molecule has 3 heterocycles. The SMILES string of the molecule is O=C(NCCc1cn2ccccc2n1)c1ccc2[nH]c3c(c2c1)CCCC3. The number of aromatic nitrogens is 3. The standard InChI is InChI=1S/C22H22N4O/c27-22(23-11-10-16-14-26-12-4-3-7-21(26)24-16)15-8-9-20-18(13-15)17-5-1-2-6-19(17)25-20/h3-4,7-9,12-14,25H,1-2,5-6,10-11H2,(H,23,27). The highest BCUT2D eigenvalue weighted by atomic mass is 16.1. The zero-order valence-corrected chi connectivity index (χ0v) is 15.2. The lowest BCUT2D eigenvalue weighted by molar-refractivity contribution is 0.0954. The van der Waals surface area contributed by atoms with Crippen LogP contribution < -0.4 is 5.32 Å². The zero-order chi connectivity index (χ0) is 18.2. The molecular weight excluding hydrogens is 336 g/mol. The van der Waals surface area contributed by atoms with Gasteiger partial charge in [-0.25, -0.2) is 4.98 Å². The molecule has 0 aliphatic heterocycles. The average Bonchev–Trinajstić information content (AvgIpc) is 3.28. The first kappa shape index (κ1) is 16.1. The Morgan fingerprint density at radius 3 is 3.04 bits per heavy atom. The third kappa shape index (κ3) is 2.99. The van der Waals surface area contributed by atoms with E-state index in [1.165, 1.54) is 29.5 Å². The van der Waals surface area contributed by atoms with E-state index in [-0.39, 0.29) is 5.91 Å². The molecule has 0 fully saturated rings. The van der Waals surface area contributed by atoms with Crippen molar-refractivity contribution in [3.8, 4) is 0 Å². The number of hydrogen-bond donors (Lipinski definition) is 2. The Bertz CT molecular complexity index is 1100. The Morgan fingerprint density at radius 2 is 2.11 bits per heavy atom. The van der Waals surface area contributed by atoms with Crippen LogP contribution in [0, 0.1) is 0 Å². The van der Waals surface area contributed by atoms with Gasteiger partial charge in [-0.2, -0.15) is 0 Å². The van der Waals surface area contributed by atoms with Gasteiger partial charge in [0.2, 0.25) is 0 Å². The molecule has 0 saturated heterocycles. The Kier molecular flexibility index (Phi) is 3.93. The molecule has 3 aromatic heterocycles. The summed E-state index contributed by atoms with van der Waals surface area (Å²) in [6.45, 7) is 0.575. The quantitative estimate of drug-likeness (QED) is 0.585. The van der Waals surface area contributed by atoms with Crippen LogP contribution in [-0.2, 0) is 19.3 Å². The van der Waals surface area contributed by atoms with Gasteiger partial charge >= 0.3 is 0 Å². The fourth-order valence-electron chi connectivity index (χ4n) is 4.06. The fourth-order valence-corrected chi connectivity index (χ4v) is 4.06. The van der Waals surface area contributed by atoms with Crippen LogP contribution in [0.1, 0.15) is 40.2 Å². The first-order valence-corrected chi connectivity index (χ1v) is 9.62. The number of hydrogen-bond acceptors (Lipinski definition) is 2. The number of carbonyl (C=O) groups is 1. The molecule has 27 heavy (non-hydrogen) atoms. The summed E-state index contributed by atoms with van der Waals surface area (Å²) < 4.78 is 2.00. The zero-order valence-electron chi connectivity index (χ0n) is 15.2. The number of nitrogens with zero attached hydrogens (tertiary/aromatic N) is 2. The highest BCUT2D eigenvalue weighted by molar-refractivity contribution is 5.99. The second-order valence-electron chi connectivity index (χ2n) is 7.25. The largest absolute Gasteiger partial charge is 0.358 e. The third-order valence-electron chi connectivity index (χ3n) is 5.44. The summed E-state index contributed by atoms with van der Waals surface area (Å²) in [6.07, 6.45) is 9.41. The Hall–Kier alpha value is -3.08. The number of imidazole rings is 1. The van der Waals surface area contributed by atoms with Crippen molar-refractivity contribution in [3.63, 3.8) is 0 Å². The molecule has 0 spiro atoms. The molecule has 1 aromatic carbocycles. The van der Waals surface area contributed by atoms with Crippen LogP contribution in [0.15, 0.2) is 48.8 Å². The van der Waals surface area contributed by atoms with Crippen molar-refractivity contribution in [2.45, 2.75) is 32.1 Å². The number of benzene rings is 1. The van der Waals surface area contributed by atoms with E-state index < -0.39 is 0 Å². The van der Waals surface area contributed by atoms with E-state index in [2.05, 4.69) is 15.3 Å². The highest BCUT2D eigenvalue weighted by Gasteiger charge is 2.16. The monoisotopic (exact) mass is 358 g/mol. The topological polar surface area (TPSA) is 62.2 Å². The number of carbonyl (C=O) groups excluding carboxylic acids is 1. The maximum Gasteiger partial charge on any atom is 0.251 e. The van der Waals surface area contributed by atoms with Crippen molar-refractivity contribution >= 4 is 22.5 Å². The summed E-state index contributed by atoms with van der Waals surface area (Å²) >= 11 is 0. The molecule has 1 aliphatic carbocycles. The van der Waals surface area contributed by atoms with Crippen LogP contribution in [0.5, 0.6) is 0 Å². The predicted octanol–water partition coefficient (Wildman–Crippen LogP) is 3.67. The van der Waals surface area contributed by atoms with Gasteiger partial charge in [-0.3, -0.25) is 4.79 Å². The van der Waals surface area contributed by atoms with E-state index in [0.29, 0.717) is 6.54 Å². The molecule has 0 bridgehead atoms. The van der Waals surface area contributed by atoms with Crippen molar-refractivity contribution < 1.29 is 4.79 Å². The van der Waals surface area contributed by atoms with Crippen LogP contribution in [0.4, 0.5) is 0 Å². The van der Waals surface area contributed by atoms with Gasteiger partial charge in [0, 0.05) is 47.5 Å². The molecule has 1 aliphatic rings. The normalized spacial score (nSPS) is 13.8. The van der Waals surface area contributed by atoms with Gasteiger partial charge in [0.15, 0.2) is 0 Å². The van der Waals surface area contributed by atoms with Gasteiger partial charge in [0.1, 0.15) is 5.65 Å². The molecular formula is C22H22N4O. The highest BCUT2D eigenvalue weighted by Crippen LogP contribution is 2.29. The van der Waals surface area contributed by atoms with E-state index in [9.17, 15) is 4.79 Å². The Balaban J connectivity index is 1.29. The molecule has 0 unspecified atom stereocenters. The first-order chi connectivity index (χ1) is 13.3. The van der Waals surface area contributed by atoms with Gasteiger partial charge in [-0.1, -0.05) is 6.07 Å². The fraction of sp³-hybridized carbons (Fsp3) is 0.273. The van der Waals surface area contributed by atoms with E-state index in [0.717, 1.165) is 41.7 Å². The van der Waals surface area contributed by atoms with Gasteiger partial charge in [-0.15, -0.1) is 0 Å². The van der Waals surface area contributed by atoms with Crippen molar-refractivity contribution in [1.82, 2.24) is 19.7 Å². The Labute approximate surface area is 157 Å². The number of H-pyrrole nitrogens is 1. The summed E-state index contributed by atoms with van der Waals surface area (Å²) in [7, 11) is 0. The lowest BCUT2D eigenvalue weighted by Gasteiger charge is -2.10. The first-order valence-electron chi connectivity index (χ1n) is 9.62. The minimum atomic E-state index is -0.0218. The number of fused-ring (bicyclic) bond motifs is 4. The van der Waals surface area contributed by atoms with Crippen LogP contribution >= 0.6 is 0 Å². The molecule has 5 rings (SSSR count). The van der Waals surface area contributed by atoms with Crippen molar-refractivity contribution in [2.24, 2.45) is 0 Å². The third-order valence-corrected chi connectivity index (χ3v) is 5.44. The Morgan fingerprint density at radius 1 is 1.19 bits per heavy atom. The minimum Gasteiger partial charge on any atom is -0.358 e. The maximum atomic E-state index is 12.6. The number of nitrogens with one attached hydrogen (secondary N) is 2. The number of aryl methyl sites for hydroxylation is 2. The number of amides is 1. The number of rotatable bonds is 4. The summed E-state index contributed by atoms with van der Waals surface area (Å²) in [5.74, 6) is -0.0218. The smallest absolute Gasteiger partial charge is 0.251 e. The van der Waals surface area contributed by atoms with E-state index in [4.69, 9.17) is 0 Å². The predicted molar refractivity (Wildman–Crippen MR) is 106 cm³/mol. The molecule has 0 atom stereocenters. The molecule has 4 aromatic rings. The van der Waals surface area contributed by atoms with Gasteiger partial charge in [0.05, 0.1) is 5.69 Å². The lowest BCUT2D eigenvalue weighted by atomic mass is 9.95. The molecule has 0 radical (unpaired) electrons. The average molecular weight is 358 g/mol. The number of aromatic amines is 1. The second-order valence-corrected chi connectivity index (χ2v) is 7.25. The molecule has 136 valence electrons. The van der Waals surface area contributed by atoms with Crippen LogP contribution in [-0.4, -0.2) is 26.8 Å². The van der Waals surface area contributed by atoms with Crippen LogP contribution in [0.2, 0.25) is 0 Å². The summed E-state index contributed by atoms with van der Waals surface area (Å²) in [6, 6.07) is 11.9. The molecule has 0 saturated carbocycles. The van der Waals surface area contributed by atoms with Gasteiger partial charge in [0.25, 0.3) is 5.91 Å². The number of pyridine rings is 1. The maximum absolute atomic E-state index is 12.6. The molecule has 5 nitrogen and oxygen atoms in total. The van der Waals surface area contributed by atoms with Crippen LogP contribution in [0.25, 0.3) is 16.6 Å². The summed E-state index contributed by atoms with van der Waals surface area (Å²) in [5, 5.41) is 4.24. The molecule has 1 amide bonds. The van der Waals surface area contributed by atoms with Crippen LogP contribution in [0.3, 0.4) is 0 Å². The van der Waals surface area contributed by atoms with Gasteiger partial charge < -0.3 is 14.7 Å². The van der Waals surface area contributed by atoms with Gasteiger partial charge in [-0.05, 0) is 61.6 Å². The summed E-state index contributed by atoms with van der Waals surface area (Å²) in [5.41, 5.74) is 6.53. The summed E-state index contributed by atoms with van der Waals surface area (Å²) in [4.78, 5) is 20.7. The van der Waals surface area contributed by atoms with Crippen molar-refractivity contribution in [3.05, 3.63) is 71.3 Å². The van der Waals surface area contributed by atoms with Crippen molar-refractivity contribution in [2.75, 3.05) is 6.54 Å².